The summed E-state index contributed by atoms with van der Waals surface area (Å²) < 4.78 is 29.8. The molecular weight excluding hydrogens is 669 g/mol. The third-order valence-electron chi connectivity index (χ3n) is 17.4. The first-order valence-electron chi connectivity index (χ1n) is 20.2. The summed E-state index contributed by atoms with van der Waals surface area (Å²) in [4.78, 5) is 28.2. The lowest BCUT2D eigenvalue weighted by atomic mass is 9.33. The van der Waals surface area contributed by atoms with E-state index in [1.807, 2.05) is 12.1 Å². The highest BCUT2D eigenvalue weighted by Crippen LogP contribution is 2.76. The van der Waals surface area contributed by atoms with E-state index in [0.29, 0.717) is 54.7 Å². The summed E-state index contributed by atoms with van der Waals surface area (Å²) in [6.07, 6.45) is 13.4. The van der Waals surface area contributed by atoms with E-state index < -0.39 is 9.84 Å². The van der Waals surface area contributed by atoms with Gasteiger partial charge in [0.2, 0.25) is 5.91 Å². The third-order valence-corrected chi connectivity index (χ3v) is 19.6. The first-order chi connectivity index (χ1) is 24.4. The van der Waals surface area contributed by atoms with Gasteiger partial charge >= 0.3 is 5.97 Å². The molecule has 2 heterocycles. The molecule has 2 aliphatic heterocycles. The fraction of sp³-hybridized carbons (Fsp3) is 0.727. The molecule has 0 radical (unpaired) electrons. The predicted molar refractivity (Wildman–Crippen MR) is 206 cm³/mol. The Kier molecular flexibility index (Phi) is 8.44. The van der Waals surface area contributed by atoms with E-state index >= 15 is 0 Å². The normalized spacial score (nSPS) is 44.1. The molecule has 8 heteroatoms. The van der Waals surface area contributed by atoms with Crippen molar-refractivity contribution < 1.29 is 22.7 Å². The lowest BCUT2D eigenvalue weighted by molar-refractivity contribution is -0.219. The molecule has 1 unspecified atom stereocenters. The van der Waals surface area contributed by atoms with Crippen molar-refractivity contribution in [3.8, 4) is 0 Å². The molecule has 52 heavy (non-hydrogen) atoms. The van der Waals surface area contributed by atoms with E-state index in [1.54, 1.807) is 0 Å². The number of hydrogen-bond donors (Lipinski definition) is 1. The van der Waals surface area contributed by atoms with Crippen molar-refractivity contribution in [2.45, 2.75) is 123 Å². The third kappa shape index (κ3) is 5.07. The number of likely N-dealkylation sites (tertiary alicyclic amines) is 1. The number of nitrogens with one attached hydrogen (secondary N) is 1. The number of fused-ring (bicyclic) bond motifs is 9. The first-order valence-corrected chi connectivity index (χ1v) is 21.9. The van der Waals surface area contributed by atoms with Crippen LogP contribution in [0.15, 0.2) is 42.5 Å². The Morgan fingerprint density at radius 3 is 2.31 bits per heavy atom. The zero-order chi connectivity index (χ0) is 37.2. The van der Waals surface area contributed by atoms with Gasteiger partial charge in [-0.05, 0) is 146 Å². The standard InChI is InChI=1S/C44H62N2O5S/c1-27(2)32-15-20-44(45-37(47)25-46-24-31-23-30(46)26-52(31,49)50)22-21-42(6)34(38(32)44)13-14-36-41(5)18-16-33(28-9-11-29(12-10-28)39(48)51-8)40(3,4)35(41)17-19-43(36,42)7/h9-12,16,30-32,34-36,38H,1,13-15,17-26H2,2-8H3,(H,45,47)/t30-,31-,32-,34+,35-,36+,38?,41-,42+,43+,44-/m0/s1. The Bertz CT molecular complexity index is 1820. The number of methoxy groups -OCH3 is 1. The zero-order valence-electron chi connectivity index (χ0n) is 32.7. The summed E-state index contributed by atoms with van der Waals surface area (Å²) >= 11 is 0. The minimum absolute atomic E-state index is 0.000389. The summed E-state index contributed by atoms with van der Waals surface area (Å²) in [5.74, 6) is 2.49. The number of hydrogen-bond acceptors (Lipinski definition) is 6. The summed E-state index contributed by atoms with van der Waals surface area (Å²) in [5, 5.41) is 3.42. The number of carbonyl (C=O) groups excluding carboxylic acids is 2. The molecule has 4 saturated carbocycles. The van der Waals surface area contributed by atoms with E-state index in [9.17, 15) is 18.0 Å². The molecular formula is C44H62N2O5S. The minimum Gasteiger partial charge on any atom is -0.465 e. The number of esters is 1. The number of sulfone groups is 1. The van der Waals surface area contributed by atoms with Crippen LogP contribution in [-0.4, -0.2) is 68.0 Å². The summed E-state index contributed by atoms with van der Waals surface area (Å²) in [5.41, 5.74) is 4.82. The van der Waals surface area contributed by atoms with Gasteiger partial charge in [0.25, 0.3) is 0 Å². The molecule has 0 spiro atoms. The molecule has 7 aliphatic rings. The van der Waals surface area contributed by atoms with Crippen LogP contribution in [0.2, 0.25) is 0 Å². The van der Waals surface area contributed by atoms with Crippen LogP contribution in [0, 0.1) is 51.2 Å². The Labute approximate surface area is 312 Å². The van der Waals surface area contributed by atoms with Gasteiger partial charge in [-0.3, -0.25) is 9.69 Å². The van der Waals surface area contributed by atoms with Gasteiger partial charge < -0.3 is 10.1 Å². The molecule has 2 bridgehead atoms. The van der Waals surface area contributed by atoms with Crippen LogP contribution in [0.5, 0.6) is 0 Å². The van der Waals surface area contributed by atoms with E-state index in [4.69, 9.17) is 4.74 Å². The van der Waals surface area contributed by atoms with Crippen LogP contribution in [0.1, 0.15) is 122 Å². The van der Waals surface area contributed by atoms with Gasteiger partial charge in [-0.1, -0.05) is 65.0 Å². The van der Waals surface area contributed by atoms with Crippen LogP contribution in [0.4, 0.5) is 0 Å². The van der Waals surface area contributed by atoms with Crippen molar-refractivity contribution in [3.63, 3.8) is 0 Å². The van der Waals surface area contributed by atoms with E-state index in [-0.39, 0.29) is 56.1 Å². The lowest BCUT2D eigenvalue weighted by Gasteiger charge is -2.72. The Morgan fingerprint density at radius 1 is 0.942 bits per heavy atom. The number of allylic oxidation sites excluding steroid dienone is 3. The smallest absolute Gasteiger partial charge is 0.337 e. The van der Waals surface area contributed by atoms with Gasteiger partial charge in [0.15, 0.2) is 9.84 Å². The van der Waals surface area contributed by atoms with Gasteiger partial charge in [-0.15, -0.1) is 0 Å². The summed E-state index contributed by atoms with van der Waals surface area (Å²) in [6, 6.07) is 8.01. The number of amides is 1. The average Bonchev–Trinajstić information content (AvgIpc) is 3.75. The zero-order valence-corrected chi connectivity index (χ0v) is 33.5. The molecule has 6 fully saturated rings. The van der Waals surface area contributed by atoms with Gasteiger partial charge in [0.05, 0.1) is 30.2 Å². The molecule has 1 aromatic rings. The van der Waals surface area contributed by atoms with Crippen molar-refractivity contribution in [1.29, 1.82) is 0 Å². The maximum atomic E-state index is 13.9. The second kappa shape index (κ2) is 12.0. The Balaban J connectivity index is 1.06. The lowest BCUT2D eigenvalue weighted by Crippen LogP contribution is -2.68. The maximum Gasteiger partial charge on any atom is 0.337 e. The topological polar surface area (TPSA) is 92.8 Å². The van der Waals surface area contributed by atoms with Crippen LogP contribution in [-0.2, 0) is 19.4 Å². The van der Waals surface area contributed by atoms with Crippen LogP contribution in [0.25, 0.3) is 5.57 Å². The number of ether oxygens (including phenoxy) is 1. The highest BCUT2D eigenvalue weighted by molar-refractivity contribution is 7.92. The van der Waals surface area contributed by atoms with Gasteiger partial charge in [-0.25, -0.2) is 13.2 Å². The van der Waals surface area contributed by atoms with E-state index in [0.717, 1.165) is 32.1 Å². The van der Waals surface area contributed by atoms with Crippen LogP contribution < -0.4 is 5.32 Å². The minimum atomic E-state index is -2.99. The summed E-state index contributed by atoms with van der Waals surface area (Å²) in [7, 11) is -1.56. The number of carbonyl (C=O) groups is 2. The van der Waals surface area contributed by atoms with Gasteiger partial charge in [-0.2, -0.15) is 0 Å². The average molecular weight is 731 g/mol. The molecule has 11 atom stereocenters. The van der Waals surface area contributed by atoms with Crippen molar-refractivity contribution in [2.24, 2.45) is 51.2 Å². The fourth-order valence-electron chi connectivity index (χ4n) is 14.8. The molecule has 0 aromatic heterocycles. The number of rotatable bonds is 6. The molecule has 1 amide bonds. The predicted octanol–water partition coefficient (Wildman–Crippen LogP) is 7.86. The largest absolute Gasteiger partial charge is 0.465 e. The molecule has 7 nitrogen and oxygen atoms in total. The highest BCUT2D eigenvalue weighted by Gasteiger charge is 2.70. The van der Waals surface area contributed by atoms with E-state index in [1.165, 1.54) is 49.5 Å². The summed E-state index contributed by atoms with van der Waals surface area (Å²) in [6.45, 7) is 20.4. The van der Waals surface area contributed by atoms with Crippen LogP contribution >= 0.6 is 0 Å². The molecule has 8 rings (SSSR count). The van der Waals surface area contributed by atoms with Crippen molar-refractivity contribution in [1.82, 2.24) is 10.2 Å². The first kappa shape index (κ1) is 36.5. The number of nitrogens with zero attached hydrogens (tertiary/aromatic N) is 1. The molecule has 5 aliphatic carbocycles. The Hall–Kier alpha value is -2.45. The number of benzene rings is 1. The van der Waals surface area contributed by atoms with Crippen molar-refractivity contribution >= 4 is 27.3 Å². The van der Waals surface area contributed by atoms with Gasteiger partial charge in [0.1, 0.15) is 0 Å². The quantitative estimate of drug-likeness (QED) is 0.237. The van der Waals surface area contributed by atoms with Gasteiger partial charge in [0, 0.05) is 18.1 Å². The SMILES string of the molecule is C=C(C)[C@@H]1CC[C@]2(NC(=O)CN3C[C@@H]4C[C@H]3CS4(=O)=O)CC[C@]3(C)[C@H](CC[C@@H]4[C@@]5(C)CC=C(c6ccc(C(=O)OC)cc6)C(C)(C)[C@@H]5CC[C@]43C)C12. The highest BCUT2D eigenvalue weighted by atomic mass is 32.2. The molecule has 284 valence electrons. The molecule has 1 N–H and O–H groups in total. The van der Waals surface area contributed by atoms with Crippen LogP contribution in [0.3, 0.4) is 0 Å². The van der Waals surface area contributed by atoms with E-state index in [2.05, 4.69) is 76.5 Å². The fourth-order valence-corrected chi connectivity index (χ4v) is 16.9. The molecule has 1 aromatic carbocycles. The maximum absolute atomic E-state index is 13.9. The second-order valence-electron chi connectivity index (χ2n) is 19.8. The monoisotopic (exact) mass is 730 g/mol. The Morgan fingerprint density at radius 2 is 1.67 bits per heavy atom. The second-order valence-corrected chi connectivity index (χ2v) is 22.1. The van der Waals surface area contributed by atoms with Crippen molar-refractivity contribution in [3.05, 3.63) is 53.6 Å². The van der Waals surface area contributed by atoms with Crippen molar-refractivity contribution in [2.75, 3.05) is 26.0 Å². The molecule has 2 saturated heterocycles.